The third-order valence-electron chi connectivity index (χ3n) is 17.9. The number of halogens is 1. The molecule has 0 atom stereocenters. The van der Waals surface area contributed by atoms with Gasteiger partial charge < -0.3 is 35.6 Å². The standard InChI is InChI=1S/C28H39N5O3S2.C26H39N5O3S2.C6H13BrO2/c1-19-5-7-22(8-6-19)25-30-26(34)28(31-25)10-13-33(14-11-28)38(35,36)16-9-24-20(2)17-23(18-21(24)3)32(4)27-29-12-15-37-27;1-17-5-7-20(8-6-17)23-28-24(32)26(29-23)10-12-31(13-11-26)36(33,34)14-9-22-18(2)15-21(16-19(22)3)30(4)25(27)35;1-3-8-6(5-7)9-4-2/h12,15,17-19,22H,5-11,13-14,16H2,1-4H3,(H,30,31,34);15-17,20H,5-14H2,1-4H3,(H2,27,35)(H,28,29,32);6H,3-5H2,1-2H3. The van der Waals surface area contributed by atoms with Gasteiger partial charge in [0.2, 0.25) is 20.0 Å². The van der Waals surface area contributed by atoms with Gasteiger partial charge in [0.05, 0.1) is 16.8 Å². The lowest BCUT2D eigenvalue weighted by Crippen LogP contribution is -2.51. The zero-order valence-corrected chi connectivity index (χ0v) is 55.5. The van der Waals surface area contributed by atoms with Crippen LogP contribution in [-0.4, -0.2) is 147 Å². The van der Waals surface area contributed by atoms with Crippen LogP contribution in [0.2, 0.25) is 0 Å². The van der Waals surface area contributed by atoms with Crippen LogP contribution < -0.4 is 26.2 Å². The Morgan fingerprint density at radius 1 is 0.711 bits per heavy atom. The molecule has 1 aromatic heterocycles. The molecule has 18 nitrogen and oxygen atoms in total. The minimum Gasteiger partial charge on any atom is -0.376 e. The first-order valence-corrected chi connectivity index (χ1v) is 35.4. The van der Waals surface area contributed by atoms with Gasteiger partial charge in [0.25, 0.3) is 11.8 Å². The van der Waals surface area contributed by atoms with Crippen molar-refractivity contribution >= 4 is 105 Å². The van der Waals surface area contributed by atoms with Crippen molar-refractivity contribution < 1.29 is 35.9 Å². The average molecular weight is 1290 g/mol. The second kappa shape index (κ2) is 29.2. The highest BCUT2D eigenvalue weighted by molar-refractivity contribution is 9.09. The van der Waals surface area contributed by atoms with E-state index in [9.17, 15) is 26.4 Å². The maximum Gasteiger partial charge on any atom is 0.253 e. The highest BCUT2D eigenvalue weighted by Crippen LogP contribution is 2.39. The van der Waals surface area contributed by atoms with E-state index < -0.39 is 31.1 Å². The van der Waals surface area contributed by atoms with Crippen LogP contribution in [0.5, 0.6) is 0 Å². The monoisotopic (exact) mass is 1290 g/mol. The number of amidine groups is 2. The fraction of sp³-hybridized carbons (Fsp3) is 0.667. The minimum absolute atomic E-state index is 0.0349. The summed E-state index contributed by atoms with van der Waals surface area (Å²) in [5.74, 6) is 3.79. The van der Waals surface area contributed by atoms with E-state index in [0.29, 0.717) is 89.8 Å². The molecular weight excluding hydrogens is 1200 g/mol. The number of aliphatic imine (C=N–C) groups is 2. The predicted octanol–water partition coefficient (Wildman–Crippen LogP) is 9.41. The molecule has 83 heavy (non-hydrogen) atoms. The van der Waals surface area contributed by atoms with E-state index >= 15 is 0 Å². The molecule has 5 heterocycles. The second-order valence-corrected chi connectivity index (χ2v) is 29.8. The predicted molar refractivity (Wildman–Crippen MR) is 343 cm³/mol. The normalized spacial score (nSPS) is 22.7. The summed E-state index contributed by atoms with van der Waals surface area (Å²) in [5, 5.41) is 10.0. The Morgan fingerprint density at radius 2 is 1.10 bits per heavy atom. The largest absolute Gasteiger partial charge is 0.376 e. The molecule has 6 aliphatic rings. The first kappa shape index (κ1) is 66.6. The molecule has 0 bridgehead atoms. The molecule has 4 fully saturated rings. The lowest BCUT2D eigenvalue weighted by Gasteiger charge is -2.34. The Labute approximate surface area is 512 Å². The summed E-state index contributed by atoms with van der Waals surface area (Å²) in [6, 6.07) is 8.17. The molecule has 4 aliphatic heterocycles. The summed E-state index contributed by atoms with van der Waals surface area (Å²) in [7, 11) is -3.09. The highest BCUT2D eigenvalue weighted by Gasteiger charge is 2.50. The Hall–Kier alpha value is -3.94. The highest BCUT2D eigenvalue weighted by atomic mass is 79.9. The van der Waals surface area contributed by atoms with Crippen LogP contribution in [0.25, 0.3) is 0 Å². The number of alkyl halides is 1. The Kier molecular flexibility index (Phi) is 23.4. The smallest absolute Gasteiger partial charge is 0.253 e. The quantitative estimate of drug-likeness (QED) is 0.0614. The summed E-state index contributed by atoms with van der Waals surface area (Å²) in [6.07, 6.45) is 13.3. The van der Waals surface area contributed by atoms with Crippen molar-refractivity contribution in [2.75, 3.05) is 80.1 Å². The summed E-state index contributed by atoms with van der Waals surface area (Å²) < 4.78 is 66.5. The maximum absolute atomic E-state index is 13.3. The van der Waals surface area contributed by atoms with Gasteiger partial charge in [-0.05, 0) is 187 Å². The Morgan fingerprint density at radius 3 is 1.43 bits per heavy atom. The zero-order valence-electron chi connectivity index (χ0n) is 50.6. The van der Waals surface area contributed by atoms with Gasteiger partial charge in [0, 0.05) is 88.3 Å². The van der Waals surface area contributed by atoms with Gasteiger partial charge in [-0.1, -0.05) is 55.5 Å². The number of carbonyl (C=O) groups is 2. The zero-order chi connectivity index (χ0) is 60.4. The molecule has 2 aliphatic carbocycles. The number of carbonyl (C=O) groups excluding carboxylic acids is 2. The van der Waals surface area contributed by atoms with E-state index in [1.807, 2.05) is 73.2 Å². The maximum atomic E-state index is 13.3. The number of benzene rings is 2. The molecule has 460 valence electrons. The van der Waals surface area contributed by atoms with Crippen molar-refractivity contribution in [1.82, 2.24) is 24.2 Å². The summed E-state index contributed by atoms with van der Waals surface area (Å²) in [4.78, 5) is 43.8. The van der Waals surface area contributed by atoms with Crippen LogP contribution in [0.4, 0.5) is 16.5 Å². The number of ether oxygens (including phenoxy) is 2. The molecule has 2 aromatic carbocycles. The number of hydrogen-bond donors (Lipinski definition) is 3. The van der Waals surface area contributed by atoms with Gasteiger partial charge in [-0.25, -0.2) is 30.4 Å². The van der Waals surface area contributed by atoms with Crippen LogP contribution >= 0.6 is 39.5 Å². The van der Waals surface area contributed by atoms with Gasteiger partial charge in [-0.15, -0.1) is 11.3 Å². The van der Waals surface area contributed by atoms with Gasteiger partial charge in [-0.2, -0.15) is 0 Å². The van der Waals surface area contributed by atoms with E-state index in [1.165, 1.54) is 12.8 Å². The molecule has 0 radical (unpaired) electrons. The molecule has 2 spiro atoms. The van der Waals surface area contributed by atoms with Crippen molar-refractivity contribution in [3.05, 3.63) is 69.2 Å². The number of amides is 2. The minimum atomic E-state index is -3.46. The van der Waals surface area contributed by atoms with Gasteiger partial charge in [0.15, 0.2) is 16.5 Å². The molecule has 2 amide bonds. The number of aryl methyl sites for hydroxylation is 4. The average Bonchev–Trinajstić information content (AvgIpc) is 4.40. The van der Waals surface area contributed by atoms with Crippen LogP contribution in [-0.2, 0) is 52.0 Å². The molecule has 2 saturated heterocycles. The molecule has 0 unspecified atom stereocenters. The number of nitrogens with two attached hydrogens (primary N) is 1. The van der Waals surface area contributed by atoms with Crippen molar-refractivity contribution in [2.45, 2.75) is 163 Å². The molecule has 9 rings (SSSR count). The number of nitrogens with one attached hydrogen (secondary N) is 2. The summed E-state index contributed by atoms with van der Waals surface area (Å²) >= 11 is 9.92. The number of piperidine rings is 2. The lowest BCUT2D eigenvalue weighted by atomic mass is 9.82. The number of hydrogen-bond acceptors (Lipinski definition) is 14. The van der Waals surface area contributed by atoms with Crippen molar-refractivity contribution in [1.29, 1.82) is 0 Å². The molecule has 4 N–H and O–H groups in total. The van der Waals surface area contributed by atoms with Crippen LogP contribution in [0.1, 0.15) is 138 Å². The first-order chi connectivity index (χ1) is 39.3. The van der Waals surface area contributed by atoms with Gasteiger partial charge in [0.1, 0.15) is 22.7 Å². The SMILES string of the molecule is CCOC(CBr)OCC.Cc1cc(N(C)C(N)=S)cc(C)c1CCS(=O)(=O)N1CCC2(CC1)N=C(C1CCC(C)CC1)NC2=O.Cc1cc(N(C)c2nccs2)cc(C)c1CCS(=O)(=O)N1CCC2(CC1)N=C(C1CCC(C)CC1)NC2=O. The fourth-order valence-electron chi connectivity index (χ4n) is 12.4. The van der Waals surface area contributed by atoms with E-state index in [2.05, 4.69) is 62.4 Å². The van der Waals surface area contributed by atoms with Crippen LogP contribution in [0.3, 0.4) is 0 Å². The Balaban J connectivity index is 0.000000208. The fourth-order valence-corrected chi connectivity index (χ4v) is 16.5. The van der Waals surface area contributed by atoms with E-state index in [4.69, 9.17) is 37.4 Å². The van der Waals surface area contributed by atoms with Gasteiger partial charge >= 0.3 is 0 Å². The number of aromatic nitrogens is 1. The van der Waals surface area contributed by atoms with E-state index in [0.717, 1.165) is 117 Å². The summed E-state index contributed by atoms with van der Waals surface area (Å²) in [6.45, 7) is 19.2. The first-order valence-electron chi connectivity index (χ1n) is 29.8. The number of thiocarbonyl (C=S) groups is 1. The molecule has 2 saturated carbocycles. The number of nitrogens with zero attached hydrogens (tertiary/aromatic N) is 7. The number of anilines is 3. The third kappa shape index (κ3) is 16.6. The van der Waals surface area contributed by atoms with Crippen molar-refractivity contribution in [2.24, 2.45) is 39.4 Å². The topological polar surface area (TPSA) is 222 Å². The second-order valence-electron chi connectivity index (χ2n) is 23.7. The van der Waals surface area contributed by atoms with Crippen molar-refractivity contribution in [3.8, 4) is 0 Å². The third-order valence-corrected chi connectivity index (χ3v) is 23.3. The van der Waals surface area contributed by atoms with Gasteiger partial charge in [-0.3, -0.25) is 19.6 Å². The van der Waals surface area contributed by atoms with Crippen LogP contribution in [0, 0.1) is 51.4 Å². The molecular formula is C60H91BrN10O8S4. The molecule has 3 aromatic rings. The van der Waals surface area contributed by atoms with Crippen molar-refractivity contribution in [3.63, 3.8) is 0 Å². The molecule has 23 heteroatoms. The van der Waals surface area contributed by atoms with Crippen LogP contribution in [0.15, 0.2) is 45.8 Å². The number of sulfonamides is 2. The lowest BCUT2D eigenvalue weighted by molar-refractivity contribution is -0.125. The number of thiazole rings is 1. The van der Waals surface area contributed by atoms with E-state index in [-0.39, 0.29) is 34.7 Å². The van der Waals surface area contributed by atoms with E-state index in [1.54, 1.807) is 31.0 Å². The number of rotatable bonds is 18. The summed E-state index contributed by atoms with van der Waals surface area (Å²) in [5.41, 5.74) is 12.4. The Bertz CT molecular complexity index is 2970.